The number of nitrogens with one attached hydrogen (secondary N) is 1. The molecule has 0 atom stereocenters. The zero-order chi connectivity index (χ0) is 29.3. The number of aromatic nitrogens is 3. The molecule has 2 aromatic carbocycles. The fraction of sp³-hybridized carbons (Fsp3) is 0.333. The molecule has 42 heavy (non-hydrogen) atoms. The van der Waals surface area contributed by atoms with E-state index < -0.39 is 28.9 Å². The van der Waals surface area contributed by atoms with Gasteiger partial charge in [-0.25, -0.2) is 13.8 Å². The third kappa shape index (κ3) is 5.42. The van der Waals surface area contributed by atoms with Gasteiger partial charge in [-0.05, 0) is 74.7 Å². The maximum atomic E-state index is 15.6. The molecule has 2 amide bonds. The number of rotatable bonds is 10. The van der Waals surface area contributed by atoms with Crippen molar-refractivity contribution in [2.45, 2.75) is 25.7 Å². The lowest BCUT2D eigenvalue weighted by molar-refractivity contribution is -0.133. The van der Waals surface area contributed by atoms with Crippen LogP contribution in [0.25, 0.3) is 11.0 Å². The highest BCUT2D eigenvalue weighted by Crippen LogP contribution is 2.49. The lowest BCUT2D eigenvalue weighted by atomic mass is 10.0. The number of H-pyrrole nitrogens is 1. The second kappa shape index (κ2) is 11.5. The van der Waals surface area contributed by atoms with E-state index in [0.29, 0.717) is 36.0 Å². The summed E-state index contributed by atoms with van der Waals surface area (Å²) in [7, 11) is 0. The standard InChI is InChI=1S/C30H30F2N6O4/c31-19-3-5-20(6-4-19)38(29(40)30(10-11-30)28(33)39)21-7-8-24(22(32)18-21)42-25-9-12-34-27-26(25)23(35-36-27)2-1-13-37-14-16-41-17-15-37/h3-9,12,18H,1-2,10-11,13-17H2,(H2,33,39)(H,34,35,36). The maximum Gasteiger partial charge on any atom is 0.247 e. The Morgan fingerprint density at radius 3 is 2.48 bits per heavy atom. The number of anilines is 2. The predicted octanol–water partition coefficient (Wildman–Crippen LogP) is 4.22. The van der Waals surface area contributed by atoms with E-state index in [0.717, 1.165) is 51.0 Å². The number of nitrogens with two attached hydrogens (primary N) is 1. The molecule has 4 aromatic rings. The van der Waals surface area contributed by atoms with Crippen LogP contribution in [-0.2, 0) is 20.7 Å². The molecule has 2 aliphatic rings. The van der Waals surface area contributed by atoms with Gasteiger partial charge in [-0.3, -0.25) is 24.5 Å². The van der Waals surface area contributed by atoms with Gasteiger partial charge in [0.15, 0.2) is 17.2 Å². The Labute approximate surface area is 240 Å². The third-order valence-electron chi connectivity index (χ3n) is 7.80. The maximum absolute atomic E-state index is 15.6. The first-order chi connectivity index (χ1) is 20.4. The van der Waals surface area contributed by atoms with Crippen LogP contribution in [0, 0.1) is 17.0 Å². The highest BCUT2D eigenvalue weighted by atomic mass is 19.1. The van der Waals surface area contributed by atoms with Crippen LogP contribution < -0.4 is 15.4 Å². The monoisotopic (exact) mass is 576 g/mol. The summed E-state index contributed by atoms with van der Waals surface area (Å²) in [6, 6.07) is 10.9. The number of amides is 2. The minimum absolute atomic E-state index is 0.0748. The summed E-state index contributed by atoms with van der Waals surface area (Å²) in [5.41, 5.74) is 5.90. The number of carbonyl (C=O) groups is 2. The predicted molar refractivity (Wildman–Crippen MR) is 150 cm³/mol. The molecule has 1 saturated carbocycles. The van der Waals surface area contributed by atoms with Crippen molar-refractivity contribution in [2.24, 2.45) is 11.1 Å². The normalized spacial score (nSPS) is 16.3. The van der Waals surface area contributed by atoms with Crippen LogP contribution in [0.4, 0.5) is 20.2 Å². The van der Waals surface area contributed by atoms with Crippen LogP contribution in [0.1, 0.15) is 25.0 Å². The molecular formula is C30H30F2N6O4. The topological polar surface area (TPSA) is 127 Å². The zero-order valence-corrected chi connectivity index (χ0v) is 22.8. The van der Waals surface area contributed by atoms with Crippen LogP contribution >= 0.6 is 0 Å². The number of hydrogen-bond acceptors (Lipinski definition) is 7. The molecule has 2 fully saturated rings. The number of primary amides is 1. The lowest BCUT2D eigenvalue weighted by Crippen LogP contribution is -2.41. The van der Waals surface area contributed by atoms with E-state index >= 15 is 4.39 Å². The lowest BCUT2D eigenvalue weighted by Gasteiger charge is -2.26. The minimum atomic E-state index is -1.37. The number of fused-ring (bicyclic) bond motifs is 1. The van der Waals surface area contributed by atoms with Crippen LogP contribution in [-0.4, -0.2) is 64.7 Å². The summed E-state index contributed by atoms with van der Waals surface area (Å²) in [4.78, 5) is 33.5. The number of benzene rings is 2. The van der Waals surface area contributed by atoms with Crippen LogP contribution in [0.3, 0.4) is 0 Å². The molecule has 6 rings (SSSR count). The smallest absolute Gasteiger partial charge is 0.247 e. The fourth-order valence-corrected chi connectivity index (χ4v) is 5.25. The van der Waals surface area contributed by atoms with Gasteiger partial charge < -0.3 is 15.2 Å². The van der Waals surface area contributed by atoms with Crippen molar-refractivity contribution in [1.29, 1.82) is 0 Å². The van der Waals surface area contributed by atoms with Gasteiger partial charge >= 0.3 is 0 Å². The van der Waals surface area contributed by atoms with Gasteiger partial charge in [-0.1, -0.05) is 0 Å². The Morgan fingerprint density at radius 2 is 1.79 bits per heavy atom. The Kier molecular flexibility index (Phi) is 7.56. The van der Waals surface area contributed by atoms with Gasteiger partial charge in [-0.15, -0.1) is 0 Å². The molecule has 1 aliphatic carbocycles. The van der Waals surface area contributed by atoms with Gasteiger partial charge in [0, 0.05) is 31.0 Å². The zero-order valence-electron chi connectivity index (χ0n) is 22.8. The number of morpholine rings is 1. The molecule has 3 N–H and O–H groups in total. The van der Waals surface area contributed by atoms with Crippen molar-refractivity contribution in [3.63, 3.8) is 0 Å². The first-order valence-electron chi connectivity index (χ1n) is 13.9. The summed E-state index contributed by atoms with van der Waals surface area (Å²) < 4.78 is 40.7. The molecular weight excluding hydrogens is 546 g/mol. The second-order valence-corrected chi connectivity index (χ2v) is 10.5. The average Bonchev–Trinajstić information content (AvgIpc) is 3.71. The van der Waals surface area contributed by atoms with E-state index in [4.69, 9.17) is 15.2 Å². The Hall–Kier alpha value is -4.42. The number of pyridine rings is 1. The molecule has 1 saturated heterocycles. The van der Waals surface area contributed by atoms with Crippen LogP contribution in [0.2, 0.25) is 0 Å². The average molecular weight is 577 g/mol. The first kappa shape index (κ1) is 27.7. The number of aromatic amines is 1. The number of nitrogens with zero attached hydrogens (tertiary/aromatic N) is 4. The number of ether oxygens (including phenoxy) is 2. The van der Waals surface area contributed by atoms with E-state index in [1.165, 1.54) is 41.3 Å². The van der Waals surface area contributed by atoms with Gasteiger partial charge in [0.2, 0.25) is 11.8 Å². The highest BCUT2D eigenvalue weighted by Gasteiger charge is 2.57. The molecule has 0 radical (unpaired) electrons. The summed E-state index contributed by atoms with van der Waals surface area (Å²) in [6.45, 7) is 4.18. The van der Waals surface area contributed by atoms with Gasteiger partial charge in [-0.2, -0.15) is 5.10 Å². The quantitative estimate of drug-likeness (QED) is 0.271. The largest absolute Gasteiger partial charge is 0.453 e. The molecule has 12 heteroatoms. The van der Waals surface area contributed by atoms with Crippen molar-refractivity contribution in [2.75, 3.05) is 37.7 Å². The van der Waals surface area contributed by atoms with E-state index in [-0.39, 0.29) is 17.1 Å². The van der Waals surface area contributed by atoms with Crippen molar-refractivity contribution in [1.82, 2.24) is 20.1 Å². The SMILES string of the molecule is NC(=O)C1(C(=O)N(c2ccc(F)cc2)c2ccc(Oc3ccnc4[nH]nc(CCCN5CCOCC5)c34)c(F)c2)CC1. The fourth-order valence-electron chi connectivity index (χ4n) is 5.25. The Bertz CT molecular complexity index is 1620. The summed E-state index contributed by atoms with van der Waals surface area (Å²) in [6.07, 6.45) is 3.68. The van der Waals surface area contributed by atoms with Crippen molar-refractivity contribution in [3.05, 3.63) is 72.1 Å². The Morgan fingerprint density at radius 1 is 1.05 bits per heavy atom. The van der Waals surface area contributed by atoms with Crippen LogP contribution in [0.15, 0.2) is 54.7 Å². The summed E-state index contributed by atoms with van der Waals surface area (Å²) in [5.74, 6) is -2.26. The van der Waals surface area contributed by atoms with Crippen molar-refractivity contribution in [3.8, 4) is 11.5 Å². The van der Waals surface area contributed by atoms with Gasteiger partial charge in [0.1, 0.15) is 17.0 Å². The van der Waals surface area contributed by atoms with Crippen molar-refractivity contribution >= 4 is 34.2 Å². The van der Waals surface area contributed by atoms with E-state index in [9.17, 15) is 14.0 Å². The molecule has 10 nitrogen and oxygen atoms in total. The minimum Gasteiger partial charge on any atom is -0.453 e. The van der Waals surface area contributed by atoms with Gasteiger partial charge in [0.05, 0.1) is 30.0 Å². The van der Waals surface area contributed by atoms with E-state index in [1.54, 1.807) is 12.3 Å². The summed E-state index contributed by atoms with van der Waals surface area (Å²) >= 11 is 0. The molecule has 218 valence electrons. The number of carbonyl (C=O) groups excluding carboxylic acids is 2. The molecule has 2 aromatic heterocycles. The Balaban J connectivity index is 1.26. The first-order valence-corrected chi connectivity index (χ1v) is 13.9. The summed E-state index contributed by atoms with van der Waals surface area (Å²) in [5, 5.41) is 8.03. The highest BCUT2D eigenvalue weighted by molar-refractivity contribution is 6.16. The van der Waals surface area contributed by atoms with E-state index in [2.05, 4.69) is 20.1 Å². The molecule has 1 aliphatic heterocycles. The third-order valence-corrected chi connectivity index (χ3v) is 7.80. The second-order valence-electron chi connectivity index (χ2n) is 10.5. The van der Waals surface area contributed by atoms with Crippen LogP contribution in [0.5, 0.6) is 11.5 Å². The number of halogens is 2. The molecule has 0 bridgehead atoms. The number of aryl methyl sites for hydroxylation is 1. The molecule has 3 heterocycles. The van der Waals surface area contributed by atoms with Gasteiger partial charge in [0.25, 0.3) is 0 Å². The molecule has 0 unspecified atom stereocenters. The van der Waals surface area contributed by atoms with E-state index in [1.807, 2.05) is 0 Å². The van der Waals surface area contributed by atoms with Crippen molar-refractivity contribution < 1.29 is 27.8 Å². The molecule has 0 spiro atoms. The number of hydrogen-bond donors (Lipinski definition) is 2.